The van der Waals surface area contributed by atoms with Crippen molar-refractivity contribution >= 4 is 23.7 Å². The molecule has 2 rings (SSSR count). The molecule has 1 aromatic heterocycles. The Hall–Kier alpha value is -3.93. The molecule has 2 aromatic rings. The lowest BCUT2D eigenvalue weighted by atomic mass is 9.99. The van der Waals surface area contributed by atoms with Gasteiger partial charge in [-0.15, -0.1) is 0 Å². The average molecular weight is 531 g/mol. The summed E-state index contributed by atoms with van der Waals surface area (Å²) in [6.07, 6.45) is 3.27. The Morgan fingerprint density at radius 3 is 2.08 bits per heavy atom. The van der Waals surface area contributed by atoms with Crippen molar-refractivity contribution in [1.82, 2.24) is 25.9 Å². The Bertz CT molecular complexity index is 1070. The van der Waals surface area contributed by atoms with Crippen LogP contribution in [-0.4, -0.2) is 68.0 Å². The van der Waals surface area contributed by atoms with Gasteiger partial charge in [0.25, 0.3) is 0 Å². The number of phenolic OH excluding ortho intramolecular Hbond substituents is 1. The summed E-state index contributed by atoms with van der Waals surface area (Å²) in [6.45, 7) is 7.36. The van der Waals surface area contributed by atoms with Crippen molar-refractivity contribution in [3.8, 4) is 5.75 Å². The number of amides is 3. The van der Waals surface area contributed by atoms with Crippen LogP contribution < -0.4 is 21.7 Å². The van der Waals surface area contributed by atoms with Gasteiger partial charge >= 0.3 is 5.97 Å². The third-order valence-electron chi connectivity index (χ3n) is 5.91. The average Bonchev–Trinajstić information content (AvgIpc) is 3.35. The van der Waals surface area contributed by atoms with E-state index in [4.69, 9.17) is 5.73 Å². The fourth-order valence-electron chi connectivity index (χ4n) is 3.84. The number of carbonyl (C=O) groups is 4. The number of hydrogen-bond donors (Lipinski definition) is 7. The summed E-state index contributed by atoms with van der Waals surface area (Å²) < 4.78 is 0. The Morgan fingerprint density at radius 2 is 1.55 bits per heavy atom. The Morgan fingerprint density at radius 1 is 0.921 bits per heavy atom. The maximum Gasteiger partial charge on any atom is 0.326 e. The van der Waals surface area contributed by atoms with Crippen LogP contribution in [0.15, 0.2) is 36.8 Å². The molecule has 38 heavy (non-hydrogen) atoms. The van der Waals surface area contributed by atoms with Crippen LogP contribution in [0.2, 0.25) is 0 Å². The second-order valence-electron chi connectivity index (χ2n) is 10.1. The number of aromatic nitrogens is 2. The molecule has 3 amide bonds. The Balaban J connectivity index is 2.23. The molecule has 0 aliphatic carbocycles. The van der Waals surface area contributed by atoms with Gasteiger partial charge in [0, 0.05) is 24.7 Å². The largest absolute Gasteiger partial charge is 0.508 e. The van der Waals surface area contributed by atoms with Crippen molar-refractivity contribution in [2.24, 2.45) is 17.6 Å². The molecule has 0 aliphatic heterocycles. The van der Waals surface area contributed by atoms with Gasteiger partial charge in [-0.1, -0.05) is 39.8 Å². The molecule has 208 valence electrons. The highest BCUT2D eigenvalue weighted by atomic mass is 16.4. The molecule has 0 aliphatic rings. The highest BCUT2D eigenvalue weighted by Crippen LogP contribution is 2.13. The topological polar surface area (TPSA) is 200 Å². The first-order chi connectivity index (χ1) is 17.9. The molecular weight excluding hydrogens is 492 g/mol. The number of nitrogens with one attached hydrogen (secondary N) is 4. The molecule has 0 saturated heterocycles. The van der Waals surface area contributed by atoms with Gasteiger partial charge in [0.2, 0.25) is 17.7 Å². The van der Waals surface area contributed by atoms with Gasteiger partial charge in [-0.05, 0) is 36.0 Å². The van der Waals surface area contributed by atoms with Gasteiger partial charge < -0.3 is 36.9 Å². The van der Waals surface area contributed by atoms with Gasteiger partial charge in [0.05, 0.1) is 12.4 Å². The number of hydrogen-bond acceptors (Lipinski definition) is 7. The minimum Gasteiger partial charge on any atom is -0.508 e. The smallest absolute Gasteiger partial charge is 0.326 e. The molecule has 12 nitrogen and oxygen atoms in total. The number of carboxylic acids is 1. The lowest BCUT2D eigenvalue weighted by Crippen LogP contribution is -2.59. The fraction of sp³-hybridized carbons (Fsp3) is 0.500. The van der Waals surface area contributed by atoms with Gasteiger partial charge in [0.1, 0.15) is 23.9 Å². The van der Waals surface area contributed by atoms with E-state index in [-0.39, 0.29) is 30.4 Å². The summed E-state index contributed by atoms with van der Waals surface area (Å²) in [7, 11) is 0. The summed E-state index contributed by atoms with van der Waals surface area (Å²) in [5.41, 5.74) is 7.11. The van der Waals surface area contributed by atoms with Crippen LogP contribution in [0.5, 0.6) is 5.75 Å². The monoisotopic (exact) mass is 530 g/mol. The van der Waals surface area contributed by atoms with Crippen molar-refractivity contribution in [3.63, 3.8) is 0 Å². The van der Waals surface area contributed by atoms with Crippen molar-refractivity contribution in [2.75, 3.05) is 0 Å². The van der Waals surface area contributed by atoms with Gasteiger partial charge in [-0.3, -0.25) is 14.4 Å². The molecule has 4 unspecified atom stereocenters. The molecule has 0 fully saturated rings. The van der Waals surface area contributed by atoms with Crippen LogP contribution in [0.4, 0.5) is 0 Å². The minimum atomic E-state index is -1.28. The van der Waals surface area contributed by atoms with E-state index in [0.717, 1.165) is 0 Å². The van der Waals surface area contributed by atoms with Crippen molar-refractivity contribution < 1.29 is 29.4 Å². The van der Waals surface area contributed by atoms with Crippen LogP contribution in [-0.2, 0) is 32.0 Å². The summed E-state index contributed by atoms with van der Waals surface area (Å²) in [5, 5.41) is 27.1. The number of benzene rings is 1. The maximum absolute atomic E-state index is 13.3. The zero-order valence-electron chi connectivity index (χ0n) is 22.1. The standard InChI is InChI=1S/C26H38N6O6/c1-14(2)9-19(27)23(34)32-22(15(3)4)25(36)30-20(10-16-5-7-18(33)8-6-16)24(35)31-21(26(37)38)11-17-12-28-13-29-17/h5-8,12-15,19-22,33H,9-11,27H2,1-4H3,(H,28,29)(H,30,36)(H,31,35)(H,32,34)(H,37,38). The van der Waals surface area contributed by atoms with Gasteiger partial charge in [-0.25, -0.2) is 9.78 Å². The predicted molar refractivity (Wildman–Crippen MR) is 140 cm³/mol. The first-order valence-electron chi connectivity index (χ1n) is 12.5. The Kier molecular flexibility index (Phi) is 11.3. The number of imidazole rings is 1. The molecular formula is C26H38N6O6. The third-order valence-corrected chi connectivity index (χ3v) is 5.91. The maximum atomic E-state index is 13.3. The number of rotatable bonds is 14. The molecule has 0 bridgehead atoms. The van der Waals surface area contributed by atoms with E-state index in [9.17, 15) is 29.4 Å². The molecule has 0 spiro atoms. The van der Waals surface area contributed by atoms with Gasteiger partial charge in [0.15, 0.2) is 0 Å². The zero-order chi connectivity index (χ0) is 28.4. The molecule has 1 aromatic carbocycles. The molecule has 8 N–H and O–H groups in total. The SMILES string of the molecule is CC(C)CC(N)C(=O)NC(C(=O)NC(Cc1ccc(O)cc1)C(=O)NC(Cc1cnc[nH]1)C(=O)O)C(C)C. The van der Waals surface area contributed by atoms with E-state index in [1.54, 1.807) is 26.0 Å². The highest BCUT2D eigenvalue weighted by molar-refractivity contribution is 5.94. The molecule has 4 atom stereocenters. The normalized spacial score (nSPS) is 14.4. The van der Waals surface area contributed by atoms with Crippen LogP contribution in [0.25, 0.3) is 0 Å². The van der Waals surface area contributed by atoms with E-state index in [2.05, 4.69) is 25.9 Å². The number of H-pyrrole nitrogens is 1. The third kappa shape index (κ3) is 9.51. The number of aliphatic carboxylic acids is 1. The lowest BCUT2D eigenvalue weighted by molar-refractivity contribution is -0.142. The van der Waals surface area contributed by atoms with E-state index in [0.29, 0.717) is 17.7 Å². The summed E-state index contributed by atoms with van der Waals surface area (Å²) in [4.78, 5) is 57.7. The minimum absolute atomic E-state index is 0.0138. The van der Waals surface area contributed by atoms with E-state index >= 15 is 0 Å². The lowest BCUT2D eigenvalue weighted by Gasteiger charge is -2.27. The highest BCUT2D eigenvalue weighted by Gasteiger charge is 2.32. The molecule has 0 saturated carbocycles. The van der Waals surface area contributed by atoms with Crippen LogP contribution in [0.3, 0.4) is 0 Å². The van der Waals surface area contributed by atoms with Crippen LogP contribution in [0.1, 0.15) is 45.4 Å². The van der Waals surface area contributed by atoms with Crippen molar-refractivity contribution in [2.45, 2.75) is 71.1 Å². The second-order valence-corrected chi connectivity index (χ2v) is 10.1. The first kappa shape index (κ1) is 30.3. The predicted octanol–water partition coefficient (Wildman–Crippen LogP) is 0.469. The second kappa shape index (κ2) is 14.1. The van der Waals surface area contributed by atoms with E-state index in [1.165, 1.54) is 24.7 Å². The summed E-state index contributed by atoms with van der Waals surface area (Å²) in [5.74, 6) is -3.16. The number of aromatic hydroxyl groups is 1. The quantitative estimate of drug-likeness (QED) is 0.183. The van der Waals surface area contributed by atoms with Crippen molar-refractivity contribution in [1.29, 1.82) is 0 Å². The first-order valence-corrected chi connectivity index (χ1v) is 12.5. The Labute approximate surface area is 221 Å². The van der Waals surface area contributed by atoms with E-state index in [1.807, 2.05) is 13.8 Å². The summed E-state index contributed by atoms with van der Waals surface area (Å²) >= 11 is 0. The number of carbonyl (C=O) groups excluding carboxylic acids is 3. The molecule has 1 heterocycles. The number of phenols is 1. The molecule has 0 radical (unpaired) electrons. The van der Waals surface area contributed by atoms with E-state index < -0.39 is 47.9 Å². The fourth-order valence-corrected chi connectivity index (χ4v) is 3.84. The van der Waals surface area contributed by atoms with Gasteiger partial charge in [-0.2, -0.15) is 0 Å². The number of nitrogens with two attached hydrogens (primary N) is 1. The van der Waals surface area contributed by atoms with Crippen molar-refractivity contribution in [3.05, 3.63) is 48.0 Å². The number of carboxylic acid groups (broad SMARTS) is 1. The summed E-state index contributed by atoms with van der Waals surface area (Å²) in [6, 6.07) is 1.85. The molecule has 12 heteroatoms. The zero-order valence-corrected chi connectivity index (χ0v) is 22.1. The van der Waals surface area contributed by atoms with Crippen LogP contribution >= 0.6 is 0 Å². The number of aromatic amines is 1. The van der Waals surface area contributed by atoms with Crippen LogP contribution in [0, 0.1) is 11.8 Å². The number of nitrogens with zero attached hydrogens (tertiary/aromatic N) is 1.